The number of nitrogen functional groups attached to an aromatic ring is 1. The normalized spacial score (nSPS) is 12.4. The van der Waals surface area contributed by atoms with Gasteiger partial charge in [-0.3, -0.25) is 9.59 Å². The summed E-state index contributed by atoms with van der Waals surface area (Å²) in [6, 6.07) is 19.4. The van der Waals surface area contributed by atoms with Crippen LogP contribution in [0.4, 0.5) is 17.2 Å². The number of pyridine rings is 1. The van der Waals surface area contributed by atoms with Crippen LogP contribution >= 0.6 is 0 Å². The maximum Gasteiger partial charge on any atom is 0.247 e. The van der Waals surface area contributed by atoms with Gasteiger partial charge in [0.25, 0.3) is 0 Å². The standard InChI is InChI=1S/C32H37N5O4/c1-6-40-29-18-24(10-13-28(29)41-19(2)3)30(37-26-11-12-27-23(17-26)14-15-34-31(27)33)32(39)35-20(4)22-8-7-9-25(16-22)36-21(5)38/h7-20,30,37H,6H2,1-5H3,(H2,33,34)(H,35,39)(H,36,38). The summed E-state index contributed by atoms with van der Waals surface area (Å²) in [6.07, 6.45) is 1.62. The molecule has 0 aliphatic carbocycles. The Bertz CT molecular complexity index is 1540. The first-order valence-electron chi connectivity index (χ1n) is 13.7. The number of rotatable bonds is 11. The average Bonchev–Trinajstić information content (AvgIpc) is 2.92. The highest BCUT2D eigenvalue weighted by atomic mass is 16.5. The minimum atomic E-state index is -0.764. The van der Waals surface area contributed by atoms with Crippen molar-refractivity contribution in [3.63, 3.8) is 0 Å². The molecule has 2 amide bonds. The van der Waals surface area contributed by atoms with E-state index in [2.05, 4.69) is 20.9 Å². The first kappa shape index (κ1) is 29.2. The summed E-state index contributed by atoms with van der Waals surface area (Å²) in [6.45, 7) is 9.61. The van der Waals surface area contributed by atoms with Crippen LogP contribution in [0.15, 0.2) is 72.9 Å². The second kappa shape index (κ2) is 13.0. The fraction of sp³-hybridized carbons (Fsp3) is 0.281. The highest BCUT2D eigenvalue weighted by Gasteiger charge is 2.25. The van der Waals surface area contributed by atoms with Gasteiger partial charge < -0.3 is 31.2 Å². The summed E-state index contributed by atoms with van der Waals surface area (Å²) in [5, 5.41) is 11.1. The molecule has 0 saturated carbocycles. The lowest BCUT2D eigenvalue weighted by atomic mass is 10.0. The van der Waals surface area contributed by atoms with Gasteiger partial charge in [0.1, 0.15) is 11.9 Å². The van der Waals surface area contributed by atoms with E-state index < -0.39 is 6.04 Å². The molecule has 0 saturated heterocycles. The summed E-state index contributed by atoms with van der Waals surface area (Å²) in [7, 11) is 0. The van der Waals surface area contributed by atoms with Crippen molar-refractivity contribution in [2.24, 2.45) is 0 Å². The zero-order chi connectivity index (χ0) is 29.5. The Hall–Kier alpha value is -4.79. The summed E-state index contributed by atoms with van der Waals surface area (Å²) in [4.78, 5) is 29.6. The van der Waals surface area contributed by atoms with Crippen molar-refractivity contribution in [2.75, 3.05) is 23.0 Å². The third-order valence-electron chi connectivity index (χ3n) is 6.40. The largest absolute Gasteiger partial charge is 0.490 e. The molecule has 1 aromatic heterocycles. The van der Waals surface area contributed by atoms with Gasteiger partial charge in [-0.1, -0.05) is 18.2 Å². The number of benzene rings is 3. The molecule has 0 spiro atoms. The van der Waals surface area contributed by atoms with Crippen molar-refractivity contribution in [3.8, 4) is 11.5 Å². The Morgan fingerprint density at radius 1 is 0.927 bits per heavy atom. The van der Waals surface area contributed by atoms with E-state index in [1.54, 1.807) is 6.20 Å². The van der Waals surface area contributed by atoms with Crippen LogP contribution in [0.1, 0.15) is 57.8 Å². The van der Waals surface area contributed by atoms with Crippen LogP contribution in [-0.4, -0.2) is 29.5 Å². The highest BCUT2D eigenvalue weighted by molar-refractivity contribution is 5.94. The molecule has 0 fully saturated rings. The second-order valence-corrected chi connectivity index (χ2v) is 10.1. The topological polar surface area (TPSA) is 128 Å². The number of anilines is 3. The van der Waals surface area contributed by atoms with E-state index >= 15 is 0 Å². The molecule has 9 nitrogen and oxygen atoms in total. The Balaban J connectivity index is 1.68. The van der Waals surface area contributed by atoms with Crippen LogP contribution in [0.5, 0.6) is 11.5 Å². The molecule has 2 atom stereocenters. The van der Waals surface area contributed by atoms with E-state index in [9.17, 15) is 9.59 Å². The third-order valence-corrected chi connectivity index (χ3v) is 6.40. The maximum absolute atomic E-state index is 13.9. The first-order valence-corrected chi connectivity index (χ1v) is 13.7. The molecule has 0 radical (unpaired) electrons. The molecule has 3 aromatic carbocycles. The summed E-state index contributed by atoms with van der Waals surface area (Å²) < 4.78 is 11.8. The third kappa shape index (κ3) is 7.45. The quantitative estimate of drug-likeness (QED) is 0.179. The van der Waals surface area contributed by atoms with Crippen molar-refractivity contribution in [2.45, 2.75) is 52.8 Å². The number of nitrogens with two attached hydrogens (primary N) is 1. The average molecular weight is 556 g/mol. The monoisotopic (exact) mass is 555 g/mol. The zero-order valence-electron chi connectivity index (χ0n) is 24.0. The van der Waals surface area contributed by atoms with Gasteiger partial charge in [0.2, 0.25) is 11.8 Å². The number of nitrogens with zero attached hydrogens (tertiary/aromatic N) is 1. The van der Waals surface area contributed by atoms with Crippen LogP contribution in [-0.2, 0) is 9.59 Å². The lowest BCUT2D eigenvalue weighted by molar-refractivity contribution is -0.122. The van der Waals surface area contributed by atoms with Crippen molar-refractivity contribution >= 4 is 39.8 Å². The van der Waals surface area contributed by atoms with Gasteiger partial charge in [-0.15, -0.1) is 0 Å². The fourth-order valence-corrected chi connectivity index (χ4v) is 4.55. The van der Waals surface area contributed by atoms with Gasteiger partial charge in [0.05, 0.1) is 18.8 Å². The molecule has 214 valence electrons. The molecule has 0 bridgehead atoms. The number of nitrogens with one attached hydrogen (secondary N) is 3. The Morgan fingerprint density at radius 3 is 2.46 bits per heavy atom. The zero-order valence-corrected chi connectivity index (χ0v) is 24.0. The van der Waals surface area contributed by atoms with Crippen LogP contribution in [0, 0.1) is 0 Å². The molecule has 1 heterocycles. The predicted octanol–water partition coefficient (Wildman–Crippen LogP) is 5.99. The van der Waals surface area contributed by atoms with Crippen LogP contribution in [0.3, 0.4) is 0 Å². The van der Waals surface area contributed by atoms with Crippen LogP contribution in [0.25, 0.3) is 10.8 Å². The van der Waals surface area contributed by atoms with E-state index in [4.69, 9.17) is 15.2 Å². The molecule has 0 aliphatic heterocycles. The number of fused-ring (bicyclic) bond motifs is 1. The molecular formula is C32H37N5O4. The molecule has 9 heteroatoms. The fourth-order valence-electron chi connectivity index (χ4n) is 4.55. The first-order chi connectivity index (χ1) is 19.6. The number of hydrogen-bond acceptors (Lipinski definition) is 7. The molecule has 0 aliphatic rings. The van der Waals surface area contributed by atoms with Crippen LogP contribution < -0.4 is 31.2 Å². The van der Waals surface area contributed by atoms with E-state index in [1.807, 2.05) is 94.4 Å². The lowest BCUT2D eigenvalue weighted by Gasteiger charge is -2.24. The van der Waals surface area contributed by atoms with E-state index in [-0.39, 0.29) is 24.0 Å². The number of carbonyl (C=O) groups is 2. The molecule has 5 N–H and O–H groups in total. The Labute approximate surface area is 240 Å². The van der Waals surface area contributed by atoms with Gasteiger partial charge in [0, 0.05) is 29.9 Å². The molecule has 41 heavy (non-hydrogen) atoms. The highest BCUT2D eigenvalue weighted by Crippen LogP contribution is 2.34. The molecular weight excluding hydrogens is 518 g/mol. The number of ether oxygens (including phenoxy) is 2. The predicted molar refractivity (Wildman–Crippen MR) is 163 cm³/mol. The van der Waals surface area contributed by atoms with Gasteiger partial charge in [0.15, 0.2) is 11.5 Å². The van der Waals surface area contributed by atoms with Crippen molar-refractivity contribution in [3.05, 3.63) is 84.1 Å². The number of carbonyl (C=O) groups excluding carboxylic acids is 2. The Kier molecular flexibility index (Phi) is 9.29. The SMILES string of the molecule is CCOc1cc(C(Nc2ccc3c(N)nccc3c2)C(=O)NC(C)c2cccc(NC(C)=O)c2)ccc1OC(C)C. The van der Waals surface area contributed by atoms with Gasteiger partial charge in [-0.25, -0.2) is 4.98 Å². The van der Waals surface area contributed by atoms with Gasteiger partial charge >= 0.3 is 0 Å². The lowest BCUT2D eigenvalue weighted by Crippen LogP contribution is -2.35. The number of amides is 2. The van der Waals surface area contributed by atoms with Gasteiger partial charge in [-0.05, 0) is 92.7 Å². The summed E-state index contributed by atoms with van der Waals surface area (Å²) in [5.41, 5.74) is 9.01. The summed E-state index contributed by atoms with van der Waals surface area (Å²) in [5.74, 6) is 1.22. The van der Waals surface area contributed by atoms with Crippen molar-refractivity contribution < 1.29 is 19.1 Å². The molecule has 4 rings (SSSR count). The summed E-state index contributed by atoms with van der Waals surface area (Å²) >= 11 is 0. The van der Waals surface area contributed by atoms with Crippen molar-refractivity contribution in [1.82, 2.24) is 10.3 Å². The van der Waals surface area contributed by atoms with E-state index in [1.165, 1.54) is 6.92 Å². The van der Waals surface area contributed by atoms with E-state index in [0.29, 0.717) is 35.2 Å². The van der Waals surface area contributed by atoms with E-state index in [0.717, 1.165) is 22.0 Å². The number of aromatic nitrogens is 1. The Morgan fingerprint density at radius 2 is 1.73 bits per heavy atom. The van der Waals surface area contributed by atoms with Crippen molar-refractivity contribution in [1.29, 1.82) is 0 Å². The smallest absolute Gasteiger partial charge is 0.247 e. The minimum Gasteiger partial charge on any atom is -0.490 e. The maximum atomic E-state index is 13.9. The molecule has 2 unspecified atom stereocenters. The van der Waals surface area contributed by atoms with Gasteiger partial charge in [-0.2, -0.15) is 0 Å². The number of hydrogen-bond donors (Lipinski definition) is 4. The molecule has 4 aromatic rings. The minimum absolute atomic E-state index is 0.0362. The second-order valence-electron chi connectivity index (χ2n) is 10.1. The van der Waals surface area contributed by atoms with Crippen LogP contribution in [0.2, 0.25) is 0 Å².